The molecule has 0 fully saturated rings. The monoisotopic (exact) mass is 855 g/mol. The number of carbonyl (C=O) groups is 9. The Kier molecular flexibility index (Phi) is 23.0. The molecule has 0 aliphatic heterocycles. The van der Waals surface area contributed by atoms with Gasteiger partial charge in [-0.1, -0.05) is 27.7 Å². The van der Waals surface area contributed by atoms with Crippen LogP contribution in [0.15, 0.2) is 12.5 Å². The van der Waals surface area contributed by atoms with Crippen LogP contribution in [0.2, 0.25) is 0 Å². The fourth-order valence-corrected chi connectivity index (χ4v) is 5.54. The van der Waals surface area contributed by atoms with E-state index in [1.165, 1.54) is 12.5 Å². The molecule has 1 aromatic rings. The molecule has 60 heavy (non-hydrogen) atoms. The normalized spacial score (nSPS) is 15.2. The van der Waals surface area contributed by atoms with Crippen LogP contribution in [0.25, 0.3) is 0 Å². The summed E-state index contributed by atoms with van der Waals surface area (Å²) in [5, 5.41) is 55.3. The number of aromatic amines is 1. The summed E-state index contributed by atoms with van der Waals surface area (Å²) in [6, 6.07) is -10.3. The Labute approximate surface area is 346 Å². The number of aliphatic carboxylic acids is 2. The molecule has 0 radical (unpaired) electrons. The molecule has 0 aliphatic rings. The van der Waals surface area contributed by atoms with Crippen molar-refractivity contribution in [3.05, 3.63) is 18.2 Å². The van der Waals surface area contributed by atoms with Gasteiger partial charge in [-0.2, -0.15) is 0 Å². The number of carboxylic acids is 2. The third kappa shape index (κ3) is 18.9. The number of H-pyrrole nitrogens is 1. The second-order valence-electron chi connectivity index (χ2n) is 14.9. The van der Waals surface area contributed by atoms with Gasteiger partial charge in [-0.15, -0.1) is 0 Å². The van der Waals surface area contributed by atoms with Crippen molar-refractivity contribution >= 4 is 53.3 Å². The first kappa shape index (κ1) is 52.3. The third-order valence-corrected chi connectivity index (χ3v) is 8.80. The number of carbonyl (C=O) groups excluding carboxylic acids is 7. The predicted octanol–water partition coefficient (Wildman–Crippen LogP) is -4.93. The Morgan fingerprint density at radius 2 is 1.32 bits per heavy atom. The van der Waals surface area contributed by atoms with Crippen LogP contribution in [0.5, 0.6) is 0 Å². The number of aliphatic hydroxyl groups excluding tert-OH is 2. The second kappa shape index (κ2) is 26.4. The molecule has 7 amide bonds. The predicted molar refractivity (Wildman–Crippen MR) is 211 cm³/mol. The Balaban J connectivity index is 3.04. The number of nitrogens with two attached hydrogens (primary N) is 2. The smallest absolute Gasteiger partial charge is 0.326 e. The molecule has 338 valence electrons. The van der Waals surface area contributed by atoms with Crippen molar-refractivity contribution < 1.29 is 63.6 Å². The van der Waals surface area contributed by atoms with Gasteiger partial charge in [0.05, 0.1) is 43.7 Å². The zero-order valence-corrected chi connectivity index (χ0v) is 34.4. The van der Waals surface area contributed by atoms with Crippen LogP contribution in [0.1, 0.15) is 72.4 Å². The van der Waals surface area contributed by atoms with E-state index in [-0.39, 0.29) is 25.2 Å². The average Bonchev–Trinajstić information content (AvgIpc) is 3.68. The highest BCUT2D eigenvalue weighted by Gasteiger charge is 2.35. The lowest BCUT2D eigenvalue weighted by atomic mass is 10.0. The number of unbranched alkanes of at least 4 members (excludes halogenated alkanes) is 1. The summed E-state index contributed by atoms with van der Waals surface area (Å²) in [7, 11) is 0. The van der Waals surface area contributed by atoms with E-state index in [9.17, 15) is 63.6 Å². The van der Waals surface area contributed by atoms with Crippen molar-refractivity contribution in [3.63, 3.8) is 0 Å². The zero-order valence-electron chi connectivity index (χ0n) is 34.4. The molecule has 0 saturated carbocycles. The molecule has 0 aliphatic carbocycles. The summed E-state index contributed by atoms with van der Waals surface area (Å²) in [5.74, 6) is -10.4. The number of nitrogens with zero attached hydrogens (tertiary/aromatic N) is 1. The van der Waals surface area contributed by atoms with Crippen LogP contribution in [0.3, 0.4) is 0 Å². The van der Waals surface area contributed by atoms with Crippen molar-refractivity contribution in [1.82, 2.24) is 47.2 Å². The maximum Gasteiger partial charge on any atom is 0.326 e. The first-order chi connectivity index (χ1) is 28.1. The van der Waals surface area contributed by atoms with Crippen molar-refractivity contribution in [2.75, 3.05) is 19.7 Å². The minimum atomic E-state index is -1.84. The fourth-order valence-electron chi connectivity index (χ4n) is 5.54. The highest BCUT2D eigenvalue weighted by molar-refractivity contribution is 5.98. The van der Waals surface area contributed by atoms with Gasteiger partial charge < -0.3 is 74.1 Å². The number of nitrogens with one attached hydrogen (secondary N) is 8. The van der Waals surface area contributed by atoms with Crippen molar-refractivity contribution in [2.24, 2.45) is 23.3 Å². The standard InChI is InChI=1S/C36H61N11O13/c1-17(2)10-23(43-34(57)24(12-27(51)52)44-35(58)29(19(5)49)47-30(53)21(38)11-20-13-39-16-41-20)33(56)45-25(15-48)31(54)40-14-26(50)42-22(8-6-7-9-37)32(55)46-28(18(3)4)36(59)60/h13,16-19,21-25,28-29,48-49H,6-12,14-15,37-38H2,1-5H3,(H,39,41)(H,40,54)(H,42,50)(H,43,57)(H,44,58)(H,45,56)(H,46,55)(H,47,53)(H,51,52)(H,59,60)/t19-,21+,22+,23+,24+,25+,28+,29+/m1/s1. The van der Waals surface area contributed by atoms with Gasteiger partial charge >= 0.3 is 11.9 Å². The first-order valence-corrected chi connectivity index (χ1v) is 19.4. The summed E-state index contributed by atoms with van der Waals surface area (Å²) in [6.45, 7) is 6.28. The molecule has 1 aromatic heterocycles. The Morgan fingerprint density at radius 1 is 0.733 bits per heavy atom. The minimum absolute atomic E-state index is 0.0337. The van der Waals surface area contributed by atoms with E-state index >= 15 is 0 Å². The van der Waals surface area contributed by atoms with Crippen molar-refractivity contribution in [3.8, 4) is 0 Å². The topological polar surface area (TPSA) is 399 Å². The number of hydrogen-bond acceptors (Lipinski definition) is 14. The highest BCUT2D eigenvalue weighted by Crippen LogP contribution is 2.09. The van der Waals surface area contributed by atoms with Crippen LogP contribution in [0, 0.1) is 11.8 Å². The van der Waals surface area contributed by atoms with E-state index in [1.807, 2.05) is 0 Å². The van der Waals surface area contributed by atoms with Crippen LogP contribution in [-0.4, -0.2) is 152 Å². The second-order valence-corrected chi connectivity index (χ2v) is 14.9. The molecule has 0 saturated heterocycles. The lowest BCUT2D eigenvalue weighted by molar-refractivity contribution is -0.143. The van der Waals surface area contributed by atoms with Crippen molar-refractivity contribution in [1.29, 1.82) is 0 Å². The molecule has 0 aromatic carbocycles. The first-order valence-electron chi connectivity index (χ1n) is 19.4. The van der Waals surface area contributed by atoms with E-state index in [2.05, 4.69) is 47.2 Å². The lowest BCUT2D eigenvalue weighted by Crippen LogP contribution is -2.61. The zero-order chi connectivity index (χ0) is 45.7. The highest BCUT2D eigenvalue weighted by atomic mass is 16.4. The van der Waals surface area contributed by atoms with Gasteiger partial charge in [-0.3, -0.25) is 38.4 Å². The maximum atomic E-state index is 13.4. The molecule has 8 atom stereocenters. The summed E-state index contributed by atoms with van der Waals surface area (Å²) < 4.78 is 0. The number of aliphatic hydroxyl groups is 2. The van der Waals surface area contributed by atoms with Gasteiger partial charge in [0.15, 0.2) is 0 Å². The molecule has 1 heterocycles. The molecule has 0 spiro atoms. The van der Waals surface area contributed by atoms with Crippen LogP contribution < -0.4 is 48.7 Å². The number of aromatic nitrogens is 2. The number of rotatable bonds is 28. The molecule has 1 rings (SSSR count). The largest absolute Gasteiger partial charge is 0.481 e. The Hall–Kier alpha value is -5.72. The van der Waals surface area contributed by atoms with Gasteiger partial charge in [0.1, 0.15) is 36.3 Å². The summed E-state index contributed by atoms with van der Waals surface area (Å²) in [6.07, 6.45) is 1.21. The van der Waals surface area contributed by atoms with Gasteiger partial charge in [0.2, 0.25) is 41.4 Å². The third-order valence-electron chi connectivity index (χ3n) is 8.80. The van der Waals surface area contributed by atoms with Gasteiger partial charge in [0.25, 0.3) is 0 Å². The van der Waals surface area contributed by atoms with E-state index in [4.69, 9.17) is 11.5 Å². The van der Waals surface area contributed by atoms with E-state index in [1.54, 1.807) is 27.7 Å². The number of amides is 7. The molecule has 0 bridgehead atoms. The Bertz CT molecular complexity index is 1610. The van der Waals surface area contributed by atoms with Crippen LogP contribution in [-0.2, 0) is 49.6 Å². The van der Waals surface area contributed by atoms with Crippen LogP contribution in [0.4, 0.5) is 0 Å². The summed E-state index contributed by atoms with van der Waals surface area (Å²) >= 11 is 0. The minimum Gasteiger partial charge on any atom is -0.481 e. The van der Waals surface area contributed by atoms with E-state index in [0.29, 0.717) is 25.1 Å². The van der Waals surface area contributed by atoms with Crippen molar-refractivity contribution in [2.45, 2.75) is 122 Å². The fraction of sp³-hybridized carbons (Fsp3) is 0.667. The lowest BCUT2D eigenvalue weighted by Gasteiger charge is -2.27. The Morgan fingerprint density at radius 3 is 1.83 bits per heavy atom. The summed E-state index contributed by atoms with van der Waals surface area (Å²) in [5.41, 5.74) is 11.9. The van der Waals surface area contributed by atoms with Crippen LogP contribution >= 0.6 is 0 Å². The number of carboxylic acid groups (broad SMARTS) is 2. The summed E-state index contributed by atoms with van der Waals surface area (Å²) in [4.78, 5) is 122. The SMILES string of the molecule is CC(C)C[C@H](NC(=O)[C@H](CC(=O)O)NC(=O)[C@@H](NC(=O)[C@@H](N)Cc1c[nH]cn1)[C@@H](C)O)C(=O)N[C@@H](CO)C(=O)NCC(=O)N[C@@H](CCCCN)C(=O)N[C@H](C(=O)O)C(C)C. The van der Waals surface area contributed by atoms with Gasteiger partial charge in [-0.05, 0) is 51.0 Å². The molecule has 16 N–H and O–H groups in total. The van der Waals surface area contributed by atoms with Gasteiger partial charge in [-0.25, -0.2) is 9.78 Å². The number of imidazole rings is 1. The molecule has 24 nitrogen and oxygen atoms in total. The average molecular weight is 856 g/mol. The number of hydrogen-bond donors (Lipinski definition) is 14. The van der Waals surface area contributed by atoms with E-state index in [0.717, 1.165) is 6.92 Å². The molecule has 0 unspecified atom stereocenters. The van der Waals surface area contributed by atoms with E-state index < -0.39 is 127 Å². The maximum absolute atomic E-state index is 13.4. The molecular weight excluding hydrogens is 794 g/mol. The quantitative estimate of drug-likeness (QED) is 0.0351. The molecular formula is C36H61N11O13. The van der Waals surface area contributed by atoms with Gasteiger partial charge in [0, 0.05) is 12.6 Å². The molecule has 24 heteroatoms.